The van der Waals surface area contributed by atoms with Crippen LogP contribution in [0.4, 0.5) is 10.5 Å². The Balaban J connectivity index is 1.32. The third-order valence-corrected chi connectivity index (χ3v) is 7.17. The summed E-state index contributed by atoms with van der Waals surface area (Å²) in [4.78, 5) is 35.4. The van der Waals surface area contributed by atoms with Crippen molar-refractivity contribution in [1.82, 2.24) is 5.32 Å². The maximum absolute atomic E-state index is 12.5. The van der Waals surface area contributed by atoms with Gasteiger partial charge in [0.25, 0.3) is 5.91 Å². The summed E-state index contributed by atoms with van der Waals surface area (Å²) in [5.41, 5.74) is 5.50. The van der Waals surface area contributed by atoms with Gasteiger partial charge in [-0.05, 0) is 56.4 Å². The van der Waals surface area contributed by atoms with E-state index in [1.54, 1.807) is 18.2 Å². The van der Waals surface area contributed by atoms with E-state index in [0.717, 1.165) is 22.3 Å². The molecule has 35 heavy (non-hydrogen) atoms. The van der Waals surface area contributed by atoms with Crippen molar-refractivity contribution in [3.8, 4) is 11.1 Å². The van der Waals surface area contributed by atoms with Gasteiger partial charge in [0.15, 0.2) is 0 Å². The summed E-state index contributed by atoms with van der Waals surface area (Å²) in [5, 5.41) is 14.1. The van der Waals surface area contributed by atoms with Gasteiger partial charge in [0.1, 0.15) is 6.61 Å². The fourth-order valence-electron chi connectivity index (χ4n) is 4.00. The van der Waals surface area contributed by atoms with Crippen LogP contribution in [0.2, 0.25) is 0 Å². The second kappa shape index (κ2) is 11.4. The number of aliphatic carboxylic acids is 1. The molecule has 3 N–H and O–H groups in total. The van der Waals surface area contributed by atoms with Gasteiger partial charge < -0.3 is 15.2 Å². The standard InChI is InChI=1S/C26H23BrN2O5S/c27-22-13-16(25(32)28-11-12-35-15-24(30)31)9-10-23(22)29-26(33)34-14-21-19-7-3-1-5-17(19)18-6-2-4-8-20(18)21/h1-10,13,21H,11-12,14-15H2,(H,28,32)(H,29,33)(H,30,31). The minimum absolute atomic E-state index is 0.00233. The molecule has 0 fully saturated rings. The molecular formula is C26H23BrN2O5S. The van der Waals surface area contributed by atoms with Crippen LogP contribution in [0.5, 0.6) is 0 Å². The average molecular weight is 555 g/mol. The van der Waals surface area contributed by atoms with Crippen LogP contribution in [0.3, 0.4) is 0 Å². The zero-order valence-electron chi connectivity index (χ0n) is 18.6. The number of thioether (sulfide) groups is 1. The summed E-state index contributed by atoms with van der Waals surface area (Å²) >= 11 is 4.63. The topological polar surface area (TPSA) is 105 Å². The number of hydrogen-bond acceptors (Lipinski definition) is 5. The van der Waals surface area contributed by atoms with Crippen LogP contribution in [0, 0.1) is 0 Å². The Morgan fingerprint density at radius 1 is 0.971 bits per heavy atom. The van der Waals surface area contributed by atoms with Gasteiger partial charge in [-0.25, -0.2) is 4.79 Å². The van der Waals surface area contributed by atoms with Gasteiger partial charge in [-0.1, -0.05) is 48.5 Å². The molecule has 0 aliphatic heterocycles. The highest BCUT2D eigenvalue weighted by Crippen LogP contribution is 2.44. The lowest BCUT2D eigenvalue weighted by atomic mass is 9.98. The number of anilines is 1. The molecule has 0 atom stereocenters. The Labute approximate surface area is 215 Å². The Morgan fingerprint density at radius 2 is 1.63 bits per heavy atom. The normalized spacial score (nSPS) is 11.9. The van der Waals surface area contributed by atoms with Crippen molar-refractivity contribution < 1.29 is 24.2 Å². The number of carbonyl (C=O) groups is 3. The molecule has 2 amide bonds. The maximum Gasteiger partial charge on any atom is 0.411 e. The largest absolute Gasteiger partial charge is 0.481 e. The number of halogens is 1. The minimum atomic E-state index is -0.884. The van der Waals surface area contributed by atoms with E-state index >= 15 is 0 Å². The first-order valence-electron chi connectivity index (χ1n) is 10.9. The van der Waals surface area contributed by atoms with Crippen molar-refractivity contribution in [3.05, 3.63) is 87.9 Å². The highest BCUT2D eigenvalue weighted by Gasteiger charge is 2.29. The van der Waals surface area contributed by atoms with Crippen LogP contribution in [0.25, 0.3) is 11.1 Å². The zero-order valence-corrected chi connectivity index (χ0v) is 21.0. The lowest BCUT2D eigenvalue weighted by Gasteiger charge is -2.15. The first-order chi connectivity index (χ1) is 16.9. The molecule has 9 heteroatoms. The molecule has 0 saturated carbocycles. The molecule has 3 aromatic rings. The molecule has 4 rings (SSSR count). The zero-order chi connectivity index (χ0) is 24.8. The average Bonchev–Trinajstić information content (AvgIpc) is 3.17. The molecule has 1 aliphatic rings. The summed E-state index contributed by atoms with van der Waals surface area (Å²) in [6.07, 6.45) is -0.583. The van der Waals surface area contributed by atoms with E-state index in [4.69, 9.17) is 9.84 Å². The molecular weight excluding hydrogens is 532 g/mol. The number of carboxylic acids is 1. The second-order valence-corrected chi connectivity index (χ2v) is 9.81. The number of carboxylic acid groups (broad SMARTS) is 1. The number of ether oxygens (including phenoxy) is 1. The fourth-order valence-corrected chi connectivity index (χ4v) is 5.04. The van der Waals surface area contributed by atoms with E-state index in [1.165, 1.54) is 11.8 Å². The van der Waals surface area contributed by atoms with E-state index in [0.29, 0.717) is 28.0 Å². The summed E-state index contributed by atoms with van der Waals surface area (Å²) in [7, 11) is 0. The summed E-state index contributed by atoms with van der Waals surface area (Å²) in [5.74, 6) is -0.700. The van der Waals surface area contributed by atoms with Gasteiger partial charge in [0.2, 0.25) is 0 Å². The van der Waals surface area contributed by atoms with Crippen molar-refractivity contribution in [3.63, 3.8) is 0 Å². The number of rotatable bonds is 9. The molecule has 0 radical (unpaired) electrons. The molecule has 7 nitrogen and oxygen atoms in total. The Kier molecular flexibility index (Phi) is 8.09. The van der Waals surface area contributed by atoms with Crippen LogP contribution in [0.15, 0.2) is 71.2 Å². The van der Waals surface area contributed by atoms with Crippen molar-refractivity contribution in [2.75, 3.05) is 30.0 Å². The molecule has 180 valence electrons. The molecule has 0 aromatic heterocycles. The summed E-state index contributed by atoms with van der Waals surface area (Å²) < 4.78 is 6.12. The van der Waals surface area contributed by atoms with E-state index in [-0.39, 0.29) is 24.2 Å². The predicted octanol–water partition coefficient (Wildman–Crippen LogP) is 5.36. The Morgan fingerprint density at radius 3 is 2.26 bits per heavy atom. The lowest BCUT2D eigenvalue weighted by molar-refractivity contribution is -0.133. The number of hydrogen-bond donors (Lipinski definition) is 3. The van der Waals surface area contributed by atoms with E-state index in [2.05, 4.69) is 50.8 Å². The molecule has 0 bridgehead atoms. The van der Waals surface area contributed by atoms with Crippen LogP contribution >= 0.6 is 27.7 Å². The summed E-state index contributed by atoms with van der Waals surface area (Å²) in [6, 6.07) is 21.1. The quantitative estimate of drug-likeness (QED) is 0.307. The van der Waals surface area contributed by atoms with Crippen molar-refractivity contribution in [2.24, 2.45) is 0 Å². The maximum atomic E-state index is 12.5. The lowest BCUT2D eigenvalue weighted by Crippen LogP contribution is -2.26. The third kappa shape index (κ3) is 6.04. The number of carbonyl (C=O) groups excluding carboxylic acids is 2. The highest BCUT2D eigenvalue weighted by atomic mass is 79.9. The minimum Gasteiger partial charge on any atom is -0.481 e. The van der Waals surface area contributed by atoms with E-state index in [1.807, 2.05) is 24.3 Å². The van der Waals surface area contributed by atoms with Crippen molar-refractivity contribution in [2.45, 2.75) is 5.92 Å². The van der Waals surface area contributed by atoms with Crippen molar-refractivity contribution >= 4 is 51.3 Å². The highest BCUT2D eigenvalue weighted by molar-refractivity contribution is 9.10. The number of nitrogens with one attached hydrogen (secondary N) is 2. The molecule has 0 spiro atoms. The van der Waals surface area contributed by atoms with Crippen LogP contribution in [-0.4, -0.2) is 47.7 Å². The fraction of sp³-hybridized carbons (Fsp3) is 0.192. The first kappa shape index (κ1) is 24.8. The molecule has 0 unspecified atom stereocenters. The van der Waals surface area contributed by atoms with Gasteiger partial charge in [-0.15, -0.1) is 11.8 Å². The van der Waals surface area contributed by atoms with Gasteiger partial charge in [-0.2, -0.15) is 0 Å². The van der Waals surface area contributed by atoms with E-state index in [9.17, 15) is 14.4 Å². The van der Waals surface area contributed by atoms with Gasteiger partial charge in [0.05, 0.1) is 11.4 Å². The SMILES string of the molecule is O=C(O)CSCCNC(=O)c1ccc(NC(=O)OCC2c3ccccc3-c3ccccc32)c(Br)c1. The van der Waals surface area contributed by atoms with Crippen LogP contribution in [-0.2, 0) is 9.53 Å². The van der Waals surface area contributed by atoms with E-state index < -0.39 is 12.1 Å². The van der Waals surface area contributed by atoms with Gasteiger partial charge >= 0.3 is 12.1 Å². The Hall–Kier alpha value is -3.30. The molecule has 0 saturated heterocycles. The number of amides is 2. The van der Waals surface area contributed by atoms with Gasteiger partial charge in [0, 0.05) is 28.3 Å². The molecule has 0 heterocycles. The number of benzene rings is 3. The van der Waals surface area contributed by atoms with Crippen molar-refractivity contribution in [1.29, 1.82) is 0 Å². The summed E-state index contributed by atoms with van der Waals surface area (Å²) in [6.45, 7) is 0.562. The molecule has 3 aromatic carbocycles. The second-order valence-electron chi connectivity index (χ2n) is 7.85. The van der Waals surface area contributed by atoms with Crippen LogP contribution < -0.4 is 10.6 Å². The monoisotopic (exact) mass is 554 g/mol. The van der Waals surface area contributed by atoms with Crippen LogP contribution in [0.1, 0.15) is 27.4 Å². The smallest absolute Gasteiger partial charge is 0.411 e. The predicted molar refractivity (Wildman–Crippen MR) is 140 cm³/mol. The number of fused-ring (bicyclic) bond motifs is 3. The Bertz CT molecular complexity index is 1220. The third-order valence-electron chi connectivity index (χ3n) is 5.57. The van der Waals surface area contributed by atoms with Gasteiger partial charge in [-0.3, -0.25) is 14.9 Å². The molecule has 1 aliphatic carbocycles. The first-order valence-corrected chi connectivity index (χ1v) is 12.9.